The Balaban J connectivity index is 1.33. The first-order chi connectivity index (χ1) is 13.7. The summed E-state index contributed by atoms with van der Waals surface area (Å²) < 4.78 is 5.79. The molecule has 0 saturated carbocycles. The van der Waals surface area contributed by atoms with Crippen LogP contribution in [0.2, 0.25) is 0 Å². The molecule has 1 amide bonds. The highest BCUT2D eigenvalue weighted by atomic mass is 16.5. The van der Waals surface area contributed by atoms with E-state index in [1.807, 2.05) is 35.2 Å². The standard InChI is InChI=1S/C23H27N3O2/c27-22(20-9-5-2-6-10-20)25-17-23(18-25)16-24(13-19-7-3-1-4-8-19)14-21-15-28-12-11-26(21)23/h1-10,21H,11-18H2. The van der Waals surface area contributed by atoms with E-state index in [4.69, 9.17) is 4.74 Å². The van der Waals surface area contributed by atoms with Gasteiger partial charge in [-0.15, -0.1) is 0 Å². The Bertz CT molecular complexity index is 820. The van der Waals surface area contributed by atoms with E-state index in [-0.39, 0.29) is 11.4 Å². The molecule has 0 N–H and O–H groups in total. The molecule has 5 rings (SSSR count). The van der Waals surface area contributed by atoms with Crippen LogP contribution in [0.1, 0.15) is 15.9 Å². The number of hydrogen-bond acceptors (Lipinski definition) is 4. The summed E-state index contributed by atoms with van der Waals surface area (Å²) in [7, 11) is 0. The highest BCUT2D eigenvalue weighted by molar-refractivity contribution is 5.95. The third-order valence-electron chi connectivity index (χ3n) is 6.35. The molecule has 146 valence electrons. The van der Waals surface area contributed by atoms with Crippen molar-refractivity contribution in [1.82, 2.24) is 14.7 Å². The molecule has 0 radical (unpaired) electrons. The Hall–Kier alpha value is -2.21. The first kappa shape index (κ1) is 17.9. The normalized spacial score (nSPS) is 24.6. The summed E-state index contributed by atoms with van der Waals surface area (Å²) in [5, 5.41) is 0. The topological polar surface area (TPSA) is 36.0 Å². The van der Waals surface area contributed by atoms with E-state index >= 15 is 0 Å². The number of nitrogens with zero attached hydrogens (tertiary/aromatic N) is 3. The van der Waals surface area contributed by atoms with Crippen LogP contribution in [0.4, 0.5) is 0 Å². The van der Waals surface area contributed by atoms with Crippen molar-refractivity contribution < 1.29 is 9.53 Å². The lowest BCUT2D eigenvalue weighted by molar-refractivity contribution is -0.157. The number of morpholine rings is 1. The fourth-order valence-electron chi connectivity index (χ4n) is 5.12. The zero-order chi connectivity index (χ0) is 19.0. The van der Waals surface area contributed by atoms with Gasteiger partial charge < -0.3 is 9.64 Å². The molecule has 5 heteroatoms. The van der Waals surface area contributed by atoms with Crippen molar-refractivity contribution in [3.63, 3.8) is 0 Å². The molecule has 1 spiro atoms. The molecule has 3 heterocycles. The summed E-state index contributed by atoms with van der Waals surface area (Å²) in [6, 6.07) is 20.7. The van der Waals surface area contributed by atoms with E-state index in [2.05, 4.69) is 40.1 Å². The number of fused-ring (bicyclic) bond motifs is 2. The first-order valence-corrected chi connectivity index (χ1v) is 10.2. The number of ether oxygens (including phenoxy) is 1. The third kappa shape index (κ3) is 3.24. The Morgan fingerprint density at radius 1 is 1.00 bits per heavy atom. The molecule has 3 fully saturated rings. The second kappa shape index (κ2) is 7.32. The largest absolute Gasteiger partial charge is 0.378 e. The van der Waals surface area contributed by atoms with Gasteiger partial charge in [-0.1, -0.05) is 48.5 Å². The monoisotopic (exact) mass is 377 g/mol. The molecule has 28 heavy (non-hydrogen) atoms. The maximum absolute atomic E-state index is 12.9. The molecule has 0 aromatic heterocycles. The Kier molecular flexibility index (Phi) is 4.67. The Morgan fingerprint density at radius 2 is 1.71 bits per heavy atom. The summed E-state index contributed by atoms with van der Waals surface area (Å²) in [5.41, 5.74) is 2.19. The van der Waals surface area contributed by atoms with Gasteiger partial charge in [0.15, 0.2) is 0 Å². The fourth-order valence-corrected chi connectivity index (χ4v) is 5.12. The summed E-state index contributed by atoms with van der Waals surface area (Å²) >= 11 is 0. The maximum Gasteiger partial charge on any atom is 0.253 e. The van der Waals surface area contributed by atoms with E-state index in [1.54, 1.807) is 0 Å². The third-order valence-corrected chi connectivity index (χ3v) is 6.35. The van der Waals surface area contributed by atoms with Crippen LogP contribution in [0.25, 0.3) is 0 Å². The Labute approximate surface area is 166 Å². The van der Waals surface area contributed by atoms with Gasteiger partial charge >= 0.3 is 0 Å². The van der Waals surface area contributed by atoms with Crippen molar-refractivity contribution in [2.45, 2.75) is 18.1 Å². The van der Waals surface area contributed by atoms with Crippen LogP contribution in [0, 0.1) is 0 Å². The molecule has 2 aromatic carbocycles. The van der Waals surface area contributed by atoms with Crippen LogP contribution in [0.5, 0.6) is 0 Å². The maximum atomic E-state index is 12.9. The van der Waals surface area contributed by atoms with Crippen LogP contribution in [-0.4, -0.2) is 78.1 Å². The Morgan fingerprint density at radius 3 is 2.46 bits per heavy atom. The summed E-state index contributed by atoms with van der Waals surface area (Å²) in [6.07, 6.45) is 0. The number of amides is 1. The SMILES string of the molecule is O=C(c1ccccc1)N1CC2(CN(Cc3ccccc3)CC3COCCN32)C1. The number of benzene rings is 2. The minimum atomic E-state index is 0.0614. The second-order valence-corrected chi connectivity index (χ2v) is 8.33. The van der Waals surface area contributed by atoms with Crippen molar-refractivity contribution >= 4 is 5.91 Å². The van der Waals surface area contributed by atoms with E-state index in [9.17, 15) is 4.79 Å². The van der Waals surface area contributed by atoms with Gasteiger partial charge in [-0.25, -0.2) is 0 Å². The van der Waals surface area contributed by atoms with Gasteiger partial charge in [0.2, 0.25) is 0 Å². The van der Waals surface area contributed by atoms with Gasteiger partial charge in [-0.2, -0.15) is 0 Å². The van der Waals surface area contributed by atoms with Gasteiger partial charge in [-0.3, -0.25) is 14.6 Å². The molecule has 3 aliphatic heterocycles. The van der Waals surface area contributed by atoms with Crippen molar-refractivity contribution in [3.05, 3.63) is 71.8 Å². The van der Waals surface area contributed by atoms with Crippen LogP contribution >= 0.6 is 0 Å². The average Bonchev–Trinajstić information content (AvgIpc) is 2.72. The zero-order valence-corrected chi connectivity index (χ0v) is 16.2. The van der Waals surface area contributed by atoms with Gasteiger partial charge in [0.1, 0.15) is 0 Å². The fraction of sp³-hybridized carbons (Fsp3) is 0.435. The lowest BCUT2D eigenvalue weighted by atomic mass is 9.82. The summed E-state index contributed by atoms with van der Waals surface area (Å²) in [6.45, 7) is 7.17. The lowest BCUT2D eigenvalue weighted by Gasteiger charge is -2.63. The van der Waals surface area contributed by atoms with Crippen molar-refractivity contribution in [2.75, 3.05) is 45.9 Å². The van der Waals surface area contributed by atoms with Crippen LogP contribution in [0.3, 0.4) is 0 Å². The zero-order valence-electron chi connectivity index (χ0n) is 16.2. The molecule has 3 aliphatic rings. The molecule has 1 atom stereocenters. The van der Waals surface area contributed by atoms with E-state index in [1.165, 1.54) is 5.56 Å². The molecular formula is C23H27N3O2. The van der Waals surface area contributed by atoms with Crippen LogP contribution in [0.15, 0.2) is 60.7 Å². The van der Waals surface area contributed by atoms with Gasteiger partial charge in [0, 0.05) is 50.9 Å². The minimum Gasteiger partial charge on any atom is -0.378 e. The number of hydrogen-bond donors (Lipinski definition) is 0. The summed E-state index contributed by atoms with van der Waals surface area (Å²) in [5.74, 6) is 0.149. The number of rotatable bonds is 3. The van der Waals surface area contributed by atoms with Crippen LogP contribution < -0.4 is 0 Å². The molecular weight excluding hydrogens is 350 g/mol. The predicted molar refractivity (Wildman–Crippen MR) is 108 cm³/mol. The number of carbonyl (C=O) groups excluding carboxylic acids is 1. The van der Waals surface area contributed by atoms with Gasteiger partial charge in [-0.05, 0) is 17.7 Å². The molecule has 0 bridgehead atoms. The minimum absolute atomic E-state index is 0.0614. The van der Waals surface area contributed by atoms with E-state index in [0.717, 1.165) is 58.0 Å². The quantitative estimate of drug-likeness (QED) is 0.821. The average molecular weight is 377 g/mol. The summed E-state index contributed by atoms with van der Waals surface area (Å²) in [4.78, 5) is 20.0. The first-order valence-electron chi connectivity index (χ1n) is 10.2. The van der Waals surface area contributed by atoms with Crippen molar-refractivity contribution in [3.8, 4) is 0 Å². The number of carbonyl (C=O) groups is 1. The smallest absolute Gasteiger partial charge is 0.253 e. The number of piperazine rings is 1. The van der Waals surface area contributed by atoms with Gasteiger partial charge in [0.05, 0.1) is 18.8 Å². The van der Waals surface area contributed by atoms with E-state index in [0.29, 0.717) is 6.04 Å². The molecule has 5 nitrogen and oxygen atoms in total. The van der Waals surface area contributed by atoms with Gasteiger partial charge in [0.25, 0.3) is 5.91 Å². The highest BCUT2D eigenvalue weighted by Gasteiger charge is 2.55. The van der Waals surface area contributed by atoms with Crippen LogP contribution in [-0.2, 0) is 11.3 Å². The van der Waals surface area contributed by atoms with Crippen molar-refractivity contribution in [2.24, 2.45) is 0 Å². The number of likely N-dealkylation sites (tertiary alicyclic amines) is 1. The van der Waals surface area contributed by atoms with E-state index < -0.39 is 0 Å². The molecule has 0 aliphatic carbocycles. The molecule has 2 aromatic rings. The predicted octanol–water partition coefficient (Wildman–Crippen LogP) is 2.10. The second-order valence-electron chi connectivity index (χ2n) is 8.33. The highest BCUT2D eigenvalue weighted by Crippen LogP contribution is 2.36. The molecule has 3 saturated heterocycles. The molecule has 1 unspecified atom stereocenters. The lowest BCUT2D eigenvalue weighted by Crippen LogP contribution is -2.81. The van der Waals surface area contributed by atoms with Crippen molar-refractivity contribution in [1.29, 1.82) is 0 Å².